The van der Waals surface area contributed by atoms with Crippen molar-refractivity contribution < 1.29 is 9.47 Å². The average Bonchev–Trinajstić information content (AvgIpc) is 2.13. The minimum atomic E-state index is -0.609. The summed E-state index contributed by atoms with van der Waals surface area (Å²) in [6.07, 6.45) is 0. The summed E-state index contributed by atoms with van der Waals surface area (Å²) in [6.45, 7) is 0. The molecule has 0 saturated heterocycles. The van der Waals surface area contributed by atoms with Gasteiger partial charge in [0.15, 0.2) is 0 Å². The molecule has 0 aromatic heterocycles. The fourth-order valence-corrected chi connectivity index (χ4v) is 14.6. The van der Waals surface area contributed by atoms with Gasteiger partial charge in [0, 0.05) is 39.1 Å². The predicted molar refractivity (Wildman–Crippen MR) is 338 cm³/mol. The van der Waals surface area contributed by atoms with Gasteiger partial charge in [-0.15, -0.1) is 0 Å². The summed E-state index contributed by atoms with van der Waals surface area (Å²) in [5.41, 5.74) is 25.8. The molecule has 4 aliphatic rings. The molecule has 13 aromatic rings. The summed E-state index contributed by atoms with van der Waals surface area (Å²) in [6, 6.07) is 113. The zero-order valence-corrected chi connectivity index (χ0v) is 45.2. The first-order valence-electron chi connectivity index (χ1n) is 28.6. The molecule has 13 aromatic carbocycles. The first-order valence-corrected chi connectivity index (χ1v) is 28.6. The van der Waals surface area contributed by atoms with E-state index in [-0.39, 0.29) is 0 Å². The minimum absolute atomic E-state index is 0.562. The van der Waals surface area contributed by atoms with E-state index in [2.05, 4.69) is 314 Å². The molecule has 2 heterocycles. The number of hydrogen-bond acceptors (Lipinski definition) is 3. The number of benzene rings is 13. The van der Waals surface area contributed by atoms with Crippen LogP contribution in [-0.4, -0.2) is 0 Å². The van der Waals surface area contributed by atoms with E-state index in [0.29, 0.717) is 0 Å². The fraction of sp³-hybridized carbons (Fsp3) is 0.0250. The molecule has 2 aliphatic carbocycles. The van der Waals surface area contributed by atoms with Gasteiger partial charge in [0.25, 0.3) is 0 Å². The maximum atomic E-state index is 6.76. The van der Waals surface area contributed by atoms with Crippen LogP contribution in [0.25, 0.3) is 66.8 Å². The van der Waals surface area contributed by atoms with Gasteiger partial charge in [0.1, 0.15) is 23.0 Å². The van der Waals surface area contributed by atoms with Crippen molar-refractivity contribution >= 4 is 17.1 Å². The van der Waals surface area contributed by atoms with Crippen LogP contribution in [0, 0.1) is 0 Å². The van der Waals surface area contributed by atoms with Gasteiger partial charge in [-0.2, -0.15) is 0 Å². The number of anilines is 3. The maximum Gasteiger partial charge on any atom is 0.132 e. The van der Waals surface area contributed by atoms with Gasteiger partial charge in [-0.3, -0.25) is 0 Å². The monoisotopic (exact) mass is 1060 g/mol. The van der Waals surface area contributed by atoms with E-state index < -0.39 is 10.8 Å². The molecule has 0 amide bonds. The van der Waals surface area contributed by atoms with Crippen molar-refractivity contribution in [3.63, 3.8) is 0 Å². The zero-order chi connectivity index (χ0) is 54.6. The molecule has 2 spiro atoms. The molecule has 0 atom stereocenters. The van der Waals surface area contributed by atoms with Gasteiger partial charge < -0.3 is 14.4 Å². The lowest BCUT2D eigenvalue weighted by Gasteiger charge is -2.39. The summed E-state index contributed by atoms with van der Waals surface area (Å²) in [5, 5.41) is 0. The Morgan fingerprint density at radius 3 is 1.11 bits per heavy atom. The molecular formula is C80H51NO2. The Morgan fingerprint density at radius 1 is 0.205 bits per heavy atom. The van der Waals surface area contributed by atoms with E-state index in [1.54, 1.807) is 0 Å². The fourth-order valence-electron chi connectivity index (χ4n) is 14.6. The minimum Gasteiger partial charge on any atom is -0.457 e. The topological polar surface area (TPSA) is 21.7 Å². The van der Waals surface area contributed by atoms with Crippen LogP contribution in [0.1, 0.15) is 44.5 Å². The standard InChI is InChI=1S/C80H51NO2/c1-2-21-52(22-3-1)54-23-20-24-55(49-54)53-41-45-58(46-42-53)81(73-35-14-6-25-59(73)56-44-48-67-64(50-56)62-28-5-9-30-66(62)79(67)68-31-10-16-37-75(68)82-76-38-17-11-32-69(76)79)74-36-15-7-26-60(74)57-43-47-63-61-27-4-8-29-65(61)80(72(63)51-57)70-33-12-18-39-77(70)83-78-40-19-13-34-71(78)80/h1-51H. The smallest absolute Gasteiger partial charge is 0.132 e. The molecule has 0 fully saturated rings. The summed E-state index contributed by atoms with van der Waals surface area (Å²) in [5.74, 6) is 3.53. The van der Waals surface area contributed by atoms with Crippen molar-refractivity contribution in [1.82, 2.24) is 0 Å². The molecule has 0 radical (unpaired) electrons. The van der Waals surface area contributed by atoms with Crippen LogP contribution < -0.4 is 14.4 Å². The molecule has 388 valence electrons. The van der Waals surface area contributed by atoms with Crippen LogP contribution in [0.15, 0.2) is 309 Å². The van der Waals surface area contributed by atoms with E-state index >= 15 is 0 Å². The molecule has 83 heavy (non-hydrogen) atoms. The highest BCUT2D eigenvalue weighted by Gasteiger charge is 2.52. The third kappa shape index (κ3) is 6.86. The van der Waals surface area contributed by atoms with E-state index in [1.165, 1.54) is 61.2 Å². The van der Waals surface area contributed by atoms with Gasteiger partial charge in [-0.05, 0) is 145 Å². The molecule has 0 N–H and O–H groups in total. The third-order valence-corrected chi connectivity index (χ3v) is 18.0. The zero-order valence-electron chi connectivity index (χ0n) is 45.2. The number of fused-ring (bicyclic) bond motifs is 18. The summed E-state index contributed by atoms with van der Waals surface area (Å²) in [4.78, 5) is 2.49. The van der Waals surface area contributed by atoms with Crippen LogP contribution in [0.2, 0.25) is 0 Å². The number of rotatable bonds is 7. The highest BCUT2D eigenvalue weighted by Crippen LogP contribution is 2.64. The molecule has 3 nitrogen and oxygen atoms in total. The van der Waals surface area contributed by atoms with Crippen LogP contribution in [0.4, 0.5) is 17.1 Å². The van der Waals surface area contributed by atoms with E-state index in [9.17, 15) is 0 Å². The number of para-hydroxylation sites is 6. The Hall–Kier alpha value is -10.7. The molecular weight excluding hydrogens is 1010 g/mol. The first kappa shape index (κ1) is 47.1. The quantitative estimate of drug-likeness (QED) is 0.159. The third-order valence-electron chi connectivity index (χ3n) is 18.0. The van der Waals surface area contributed by atoms with Crippen molar-refractivity contribution in [3.8, 4) is 89.8 Å². The van der Waals surface area contributed by atoms with E-state index in [0.717, 1.165) is 90.1 Å². The summed E-state index contributed by atoms with van der Waals surface area (Å²) in [7, 11) is 0. The second-order valence-corrected chi connectivity index (χ2v) is 22.2. The van der Waals surface area contributed by atoms with Crippen molar-refractivity contribution in [3.05, 3.63) is 354 Å². The lowest BCUT2D eigenvalue weighted by atomic mass is 9.66. The van der Waals surface area contributed by atoms with Crippen molar-refractivity contribution in [1.29, 1.82) is 0 Å². The lowest BCUT2D eigenvalue weighted by molar-refractivity contribution is 0.436. The van der Waals surface area contributed by atoms with Gasteiger partial charge in [0.2, 0.25) is 0 Å². The van der Waals surface area contributed by atoms with Crippen LogP contribution in [-0.2, 0) is 10.8 Å². The molecule has 2 aliphatic heterocycles. The Bertz CT molecular complexity index is 4670. The second-order valence-electron chi connectivity index (χ2n) is 22.2. The SMILES string of the molecule is c1ccc(-c2cccc(-c3ccc(N(c4ccccc4-c4ccc5c(c4)-c4ccccc4C54c5ccccc5Oc5ccccc54)c4ccccc4-c4ccc5c(c4)C4(c6ccccc6Oc6ccccc64)c4ccccc4-5)cc3)c2)cc1. The Morgan fingerprint density at radius 2 is 0.566 bits per heavy atom. The van der Waals surface area contributed by atoms with Gasteiger partial charge >= 0.3 is 0 Å². The van der Waals surface area contributed by atoms with Crippen molar-refractivity contribution in [2.45, 2.75) is 10.8 Å². The van der Waals surface area contributed by atoms with Crippen molar-refractivity contribution in [2.24, 2.45) is 0 Å². The normalized spacial score (nSPS) is 13.7. The van der Waals surface area contributed by atoms with Gasteiger partial charge in [-0.25, -0.2) is 0 Å². The predicted octanol–water partition coefficient (Wildman–Crippen LogP) is 20.8. The second kappa shape index (κ2) is 18.4. The molecule has 0 saturated carbocycles. The number of nitrogens with zero attached hydrogens (tertiary/aromatic N) is 1. The van der Waals surface area contributed by atoms with Crippen LogP contribution >= 0.6 is 0 Å². The van der Waals surface area contributed by atoms with Gasteiger partial charge in [-0.1, -0.05) is 243 Å². The summed E-state index contributed by atoms with van der Waals surface area (Å²) < 4.78 is 13.4. The molecule has 3 heteroatoms. The first-order chi connectivity index (χ1) is 41.2. The van der Waals surface area contributed by atoms with Crippen LogP contribution in [0.5, 0.6) is 23.0 Å². The average molecular weight is 1060 g/mol. The Kier molecular flexibility index (Phi) is 10.4. The highest BCUT2D eigenvalue weighted by molar-refractivity contribution is 5.98. The lowest BCUT2D eigenvalue weighted by Crippen LogP contribution is -2.32. The van der Waals surface area contributed by atoms with Crippen LogP contribution in [0.3, 0.4) is 0 Å². The van der Waals surface area contributed by atoms with E-state index in [1.807, 2.05) is 0 Å². The molecule has 0 bridgehead atoms. The highest BCUT2D eigenvalue weighted by atomic mass is 16.5. The Labute approximate surface area is 483 Å². The number of hydrogen-bond donors (Lipinski definition) is 0. The molecule has 17 rings (SSSR count). The summed E-state index contributed by atoms with van der Waals surface area (Å²) >= 11 is 0. The van der Waals surface area contributed by atoms with E-state index in [4.69, 9.17) is 9.47 Å². The molecule has 0 unspecified atom stereocenters. The largest absolute Gasteiger partial charge is 0.457 e. The van der Waals surface area contributed by atoms with Gasteiger partial charge in [0.05, 0.1) is 22.2 Å². The number of ether oxygens (including phenoxy) is 2. The van der Waals surface area contributed by atoms with Crippen molar-refractivity contribution in [2.75, 3.05) is 4.90 Å². The Balaban J connectivity index is 0.865. The maximum absolute atomic E-state index is 6.76.